The molecular weight excluding hydrogens is 268 g/mol. The summed E-state index contributed by atoms with van der Waals surface area (Å²) in [6.07, 6.45) is 4.44. The fourth-order valence-corrected chi connectivity index (χ4v) is 2.74. The second-order valence-corrected chi connectivity index (χ2v) is 6.15. The molecule has 6 nitrogen and oxygen atoms in total. The zero-order valence-electron chi connectivity index (χ0n) is 13.2. The minimum absolute atomic E-state index is 0.0216. The van der Waals surface area contributed by atoms with Gasteiger partial charge in [-0.25, -0.2) is 0 Å². The average Bonchev–Trinajstić information content (AvgIpc) is 3.29. The lowest BCUT2D eigenvalue weighted by atomic mass is 10.1. The zero-order valence-corrected chi connectivity index (χ0v) is 13.2. The SMILES string of the molecule is CCN(CC(=O)N(C)CC(=O)NC1CC1)C1CCCNC1. The molecule has 1 aliphatic heterocycles. The molecule has 2 aliphatic rings. The van der Waals surface area contributed by atoms with Gasteiger partial charge in [0.25, 0.3) is 0 Å². The van der Waals surface area contributed by atoms with Crippen molar-refractivity contribution in [3.63, 3.8) is 0 Å². The van der Waals surface area contributed by atoms with Crippen LogP contribution in [-0.4, -0.2) is 73.5 Å². The fourth-order valence-electron chi connectivity index (χ4n) is 2.74. The summed E-state index contributed by atoms with van der Waals surface area (Å²) in [5.74, 6) is -0.0240. The monoisotopic (exact) mass is 296 g/mol. The molecule has 2 rings (SSSR count). The maximum Gasteiger partial charge on any atom is 0.239 e. The Morgan fingerprint density at radius 1 is 1.24 bits per heavy atom. The first kappa shape index (κ1) is 16.2. The van der Waals surface area contributed by atoms with Gasteiger partial charge >= 0.3 is 0 Å². The molecular formula is C15H28N4O2. The lowest BCUT2D eigenvalue weighted by Gasteiger charge is -2.34. The number of nitrogens with zero attached hydrogens (tertiary/aromatic N) is 2. The number of hydrogen-bond donors (Lipinski definition) is 2. The minimum atomic E-state index is -0.0456. The van der Waals surface area contributed by atoms with Crippen molar-refractivity contribution in [3.8, 4) is 0 Å². The number of rotatable bonds is 7. The maximum absolute atomic E-state index is 12.3. The second-order valence-electron chi connectivity index (χ2n) is 6.15. The van der Waals surface area contributed by atoms with Crippen LogP contribution in [0.2, 0.25) is 0 Å². The highest BCUT2D eigenvalue weighted by molar-refractivity contribution is 5.85. The molecule has 0 spiro atoms. The summed E-state index contributed by atoms with van der Waals surface area (Å²) in [6.45, 7) is 5.53. The summed E-state index contributed by atoms with van der Waals surface area (Å²) < 4.78 is 0. The molecule has 2 N–H and O–H groups in total. The number of nitrogens with one attached hydrogen (secondary N) is 2. The Bertz CT molecular complexity index is 365. The molecule has 1 unspecified atom stereocenters. The quantitative estimate of drug-likeness (QED) is 0.683. The summed E-state index contributed by atoms with van der Waals surface area (Å²) in [5, 5.41) is 6.30. The Morgan fingerprint density at radius 2 is 2.00 bits per heavy atom. The van der Waals surface area contributed by atoms with E-state index in [1.165, 1.54) is 4.90 Å². The molecule has 6 heteroatoms. The molecule has 2 fully saturated rings. The molecule has 120 valence electrons. The summed E-state index contributed by atoms with van der Waals surface area (Å²) in [4.78, 5) is 27.8. The lowest BCUT2D eigenvalue weighted by molar-refractivity contribution is -0.136. The van der Waals surface area contributed by atoms with Gasteiger partial charge < -0.3 is 15.5 Å². The van der Waals surface area contributed by atoms with Crippen LogP contribution in [0.1, 0.15) is 32.6 Å². The van der Waals surface area contributed by atoms with Gasteiger partial charge in [-0.1, -0.05) is 6.92 Å². The Morgan fingerprint density at radius 3 is 2.57 bits per heavy atom. The summed E-state index contributed by atoms with van der Waals surface area (Å²) in [6, 6.07) is 0.780. The molecule has 21 heavy (non-hydrogen) atoms. The van der Waals surface area contributed by atoms with E-state index in [0.717, 1.165) is 45.3 Å². The Balaban J connectivity index is 1.75. The van der Waals surface area contributed by atoms with Crippen LogP contribution in [0.25, 0.3) is 0 Å². The topological polar surface area (TPSA) is 64.7 Å². The third-order valence-electron chi connectivity index (χ3n) is 4.28. The number of piperidine rings is 1. The van der Waals surface area contributed by atoms with Gasteiger partial charge in [-0.2, -0.15) is 0 Å². The predicted octanol–water partition coefficient (Wildman–Crippen LogP) is -0.203. The Kier molecular flexibility index (Phi) is 5.99. The Labute approximate surface area is 127 Å². The number of likely N-dealkylation sites (N-methyl/N-ethyl adjacent to an activating group) is 2. The molecule has 1 aliphatic carbocycles. The number of amides is 2. The van der Waals surface area contributed by atoms with E-state index in [0.29, 0.717) is 18.6 Å². The van der Waals surface area contributed by atoms with Gasteiger partial charge in [0.15, 0.2) is 0 Å². The third-order valence-corrected chi connectivity index (χ3v) is 4.28. The van der Waals surface area contributed by atoms with Gasteiger partial charge in [0.05, 0.1) is 13.1 Å². The van der Waals surface area contributed by atoms with E-state index in [2.05, 4.69) is 22.5 Å². The van der Waals surface area contributed by atoms with Crippen molar-refractivity contribution >= 4 is 11.8 Å². The van der Waals surface area contributed by atoms with Gasteiger partial charge in [0.1, 0.15) is 0 Å². The van der Waals surface area contributed by atoms with Crippen molar-refractivity contribution in [3.05, 3.63) is 0 Å². The van der Waals surface area contributed by atoms with Crippen LogP contribution < -0.4 is 10.6 Å². The molecule has 0 aromatic heterocycles. The van der Waals surface area contributed by atoms with Crippen molar-refractivity contribution < 1.29 is 9.59 Å². The molecule has 0 radical (unpaired) electrons. The molecule has 0 aromatic carbocycles. The van der Waals surface area contributed by atoms with Crippen LogP contribution in [0.5, 0.6) is 0 Å². The molecule has 1 saturated heterocycles. The highest BCUT2D eigenvalue weighted by Gasteiger charge is 2.26. The number of hydrogen-bond acceptors (Lipinski definition) is 4. The summed E-state index contributed by atoms with van der Waals surface area (Å²) >= 11 is 0. The summed E-state index contributed by atoms with van der Waals surface area (Å²) in [7, 11) is 1.71. The first-order valence-corrected chi connectivity index (χ1v) is 8.08. The van der Waals surface area contributed by atoms with Crippen molar-refractivity contribution in [1.29, 1.82) is 0 Å². The largest absolute Gasteiger partial charge is 0.352 e. The number of carbonyl (C=O) groups is 2. The fraction of sp³-hybridized carbons (Fsp3) is 0.867. The van der Waals surface area contributed by atoms with Crippen LogP contribution in [0, 0.1) is 0 Å². The van der Waals surface area contributed by atoms with E-state index in [1.54, 1.807) is 7.05 Å². The van der Waals surface area contributed by atoms with Gasteiger partial charge in [-0.05, 0) is 38.8 Å². The van der Waals surface area contributed by atoms with Crippen LogP contribution in [0.4, 0.5) is 0 Å². The molecule has 1 saturated carbocycles. The van der Waals surface area contributed by atoms with E-state index in [1.807, 2.05) is 0 Å². The van der Waals surface area contributed by atoms with Crippen molar-refractivity contribution in [2.24, 2.45) is 0 Å². The van der Waals surface area contributed by atoms with E-state index in [-0.39, 0.29) is 18.4 Å². The summed E-state index contributed by atoms with van der Waals surface area (Å²) in [5.41, 5.74) is 0. The normalized spacial score (nSPS) is 22.1. The van der Waals surface area contributed by atoms with Gasteiger partial charge in [-0.3, -0.25) is 14.5 Å². The predicted molar refractivity (Wildman–Crippen MR) is 81.9 cm³/mol. The molecule has 1 heterocycles. The van der Waals surface area contributed by atoms with Crippen LogP contribution in [-0.2, 0) is 9.59 Å². The van der Waals surface area contributed by atoms with Gasteiger partial charge in [0.2, 0.25) is 11.8 Å². The smallest absolute Gasteiger partial charge is 0.239 e. The van der Waals surface area contributed by atoms with E-state index in [4.69, 9.17) is 0 Å². The highest BCUT2D eigenvalue weighted by atomic mass is 16.2. The molecule has 0 bridgehead atoms. The zero-order chi connectivity index (χ0) is 15.2. The minimum Gasteiger partial charge on any atom is -0.352 e. The van der Waals surface area contributed by atoms with Crippen LogP contribution >= 0.6 is 0 Å². The van der Waals surface area contributed by atoms with Crippen molar-refractivity contribution in [2.45, 2.75) is 44.7 Å². The standard InChI is InChI=1S/C15H28N4O2/c1-3-19(13-5-4-8-16-9-13)11-15(21)18(2)10-14(20)17-12-6-7-12/h12-13,16H,3-11H2,1-2H3,(H,17,20). The average molecular weight is 296 g/mol. The van der Waals surface area contributed by atoms with Gasteiger partial charge in [-0.15, -0.1) is 0 Å². The molecule has 0 aromatic rings. The van der Waals surface area contributed by atoms with Crippen molar-refractivity contribution in [1.82, 2.24) is 20.4 Å². The number of carbonyl (C=O) groups excluding carboxylic acids is 2. The first-order valence-electron chi connectivity index (χ1n) is 8.08. The molecule has 2 amide bonds. The van der Waals surface area contributed by atoms with Crippen LogP contribution in [0.15, 0.2) is 0 Å². The van der Waals surface area contributed by atoms with E-state index in [9.17, 15) is 9.59 Å². The van der Waals surface area contributed by atoms with Crippen LogP contribution in [0.3, 0.4) is 0 Å². The Hall–Kier alpha value is -1.14. The maximum atomic E-state index is 12.3. The molecule has 1 atom stereocenters. The third kappa shape index (κ3) is 5.28. The van der Waals surface area contributed by atoms with E-state index >= 15 is 0 Å². The lowest BCUT2D eigenvalue weighted by Crippen LogP contribution is -2.50. The van der Waals surface area contributed by atoms with E-state index < -0.39 is 0 Å². The first-order chi connectivity index (χ1) is 10.1. The van der Waals surface area contributed by atoms with Crippen molar-refractivity contribution in [2.75, 3.05) is 39.8 Å². The highest BCUT2D eigenvalue weighted by Crippen LogP contribution is 2.18. The van der Waals surface area contributed by atoms with Gasteiger partial charge in [0, 0.05) is 25.7 Å². The second kappa shape index (κ2) is 7.75.